The second kappa shape index (κ2) is 5.44. The molecule has 1 aliphatic rings. The molecule has 92 valence electrons. The summed E-state index contributed by atoms with van der Waals surface area (Å²) in [7, 11) is 0. The molecule has 0 nitrogen and oxygen atoms in total. The molecule has 1 aromatic rings. The predicted octanol–water partition coefficient (Wildman–Crippen LogP) is 4.95. The minimum absolute atomic E-state index is 0.751. The molecule has 0 radical (unpaired) electrons. The van der Waals surface area contributed by atoms with Gasteiger partial charge in [-0.15, -0.1) is 0 Å². The lowest BCUT2D eigenvalue weighted by Crippen LogP contribution is -2.05. The topological polar surface area (TPSA) is 0 Å². The first kappa shape index (κ1) is 12.3. The first-order valence-electron chi connectivity index (χ1n) is 6.35. The largest absolute Gasteiger partial charge is 0.204 e. The third-order valence-electron chi connectivity index (χ3n) is 3.51. The Kier molecular flexibility index (Phi) is 3.93. The van der Waals surface area contributed by atoms with Crippen molar-refractivity contribution >= 4 is 5.57 Å². The Morgan fingerprint density at radius 1 is 1.24 bits per heavy atom. The van der Waals surface area contributed by atoms with E-state index in [9.17, 15) is 8.78 Å². The summed E-state index contributed by atoms with van der Waals surface area (Å²) >= 11 is 0. The summed E-state index contributed by atoms with van der Waals surface area (Å²) < 4.78 is 26.0. The molecule has 17 heavy (non-hydrogen) atoms. The quantitative estimate of drug-likeness (QED) is 0.696. The Balaban J connectivity index is 2.11. The number of benzene rings is 1. The zero-order chi connectivity index (χ0) is 12.3. The maximum absolute atomic E-state index is 13.1. The number of hydrogen-bond acceptors (Lipinski definition) is 0. The van der Waals surface area contributed by atoms with Crippen LogP contribution in [0.15, 0.2) is 24.3 Å². The van der Waals surface area contributed by atoms with E-state index in [2.05, 4.69) is 13.0 Å². The summed E-state index contributed by atoms with van der Waals surface area (Å²) in [6.07, 6.45) is 7.90. The van der Waals surface area contributed by atoms with E-state index in [1.807, 2.05) is 0 Å². The van der Waals surface area contributed by atoms with Crippen LogP contribution < -0.4 is 0 Å². The van der Waals surface area contributed by atoms with Crippen molar-refractivity contribution in [1.82, 2.24) is 0 Å². The Morgan fingerprint density at radius 2 is 2.06 bits per heavy atom. The van der Waals surface area contributed by atoms with E-state index >= 15 is 0 Å². The van der Waals surface area contributed by atoms with Crippen molar-refractivity contribution in [2.75, 3.05) is 0 Å². The first-order chi connectivity index (χ1) is 8.20. The average molecular weight is 236 g/mol. The van der Waals surface area contributed by atoms with Crippen LogP contribution in [0.1, 0.15) is 44.6 Å². The lowest BCUT2D eigenvalue weighted by molar-refractivity contribution is 0.445. The Morgan fingerprint density at radius 3 is 2.65 bits per heavy atom. The molecule has 0 amide bonds. The van der Waals surface area contributed by atoms with Crippen molar-refractivity contribution in [3.63, 3.8) is 0 Å². The highest BCUT2D eigenvalue weighted by Crippen LogP contribution is 2.32. The molecule has 2 rings (SSSR count). The van der Waals surface area contributed by atoms with Gasteiger partial charge in [0.15, 0.2) is 11.6 Å². The zero-order valence-electron chi connectivity index (χ0n) is 10.2. The zero-order valence-corrected chi connectivity index (χ0v) is 10.2. The summed E-state index contributed by atoms with van der Waals surface area (Å²) in [4.78, 5) is 0. The normalized spacial score (nSPS) is 20.2. The lowest BCUT2D eigenvalue weighted by Gasteiger charge is -2.21. The smallest absolute Gasteiger partial charge is 0.159 e. The molecule has 1 atom stereocenters. The Hall–Kier alpha value is -1.18. The van der Waals surface area contributed by atoms with Gasteiger partial charge in [0.1, 0.15) is 0 Å². The van der Waals surface area contributed by atoms with Crippen LogP contribution in [0.3, 0.4) is 0 Å². The van der Waals surface area contributed by atoms with Crippen LogP contribution >= 0.6 is 0 Å². The third-order valence-corrected chi connectivity index (χ3v) is 3.51. The second-order valence-electron chi connectivity index (χ2n) is 4.79. The van der Waals surface area contributed by atoms with Crippen molar-refractivity contribution in [2.45, 2.75) is 39.0 Å². The van der Waals surface area contributed by atoms with Gasteiger partial charge in [0.25, 0.3) is 0 Å². The van der Waals surface area contributed by atoms with Gasteiger partial charge in [-0.25, -0.2) is 8.78 Å². The number of hydrogen-bond donors (Lipinski definition) is 0. The fraction of sp³-hybridized carbons (Fsp3) is 0.467. The average Bonchev–Trinajstić information content (AvgIpc) is 2.34. The molecule has 2 heteroatoms. The van der Waals surface area contributed by atoms with Gasteiger partial charge in [0.05, 0.1) is 0 Å². The molecule has 0 aromatic heterocycles. The van der Waals surface area contributed by atoms with Crippen molar-refractivity contribution in [3.8, 4) is 0 Å². The summed E-state index contributed by atoms with van der Waals surface area (Å²) in [6.45, 7) is 2.20. The van der Waals surface area contributed by atoms with E-state index in [0.29, 0.717) is 0 Å². The van der Waals surface area contributed by atoms with Gasteiger partial charge in [-0.1, -0.05) is 31.9 Å². The van der Waals surface area contributed by atoms with E-state index in [-0.39, 0.29) is 0 Å². The number of rotatable bonds is 3. The van der Waals surface area contributed by atoms with Gasteiger partial charge < -0.3 is 0 Å². The van der Waals surface area contributed by atoms with Crippen molar-refractivity contribution in [1.29, 1.82) is 0 Å². The van der Waals surface area contributed by atoms with E-state index in [1.54, 1.807) is 6.07 Å². The molecule has 0 fully saturated rings. The van der Waals surface area contributed by atoms with Gasteiger partial charge in [-0.3, -0.25) is 0 Å². The van der Waals surface area contributed by atoms with Crippen LogP contribution in [0.4, 0.5) is 8.78 Å². The highest BCUT2D eigenvalue weighted by molar-refractivity contribution is 5.66. The van der Waals surface area contributed by atoms with Crippen molar-refractivity contribution in [3.05, 3.63) is 41.5 Å². The van der Waals surface area contributed by atoms with E-state index in [4.69, 9.17) is 0 Å². The molecule has 0 spiro atoms. The summed E-state index contributed by atoms with van der Waals surface area (Å²) in [5, 5.41) is 0. The molecule has 0 aliphatic heterocycles. The van der Waals surface area contributed by atoms with Crippen LogP contribution in [0, 0.1) is 17.6 Å². The maximum Gasteiger partial charge on any atom is 0.159 e. The number of allylic oxidation sites excluding steroid dienone is 2. The molecule has 1 aromatic carbocycles. The molecule has 1 unspecified atom stereocenters. The fourth-order valence-electron chi connectivity index (χ4n) is 2.52. The number of halogens is 2. The van der Waals surface area contributed by atoms with Crippen LogP contribution in [0.25, 0.3) is 5.57 Å². The second-order valence-corrected chi connectivity index (χ2v) is 4.79. The first-order valence-corrected chi connectivity index (χ1v) is 6.35. The van der Waals surface area contributed by atoms with Crippen molar-refractivity contribution < 1.29 is 8.78 Å². The molecule has 0 bridgehead atoms. The van der Waals surface area contributed by atoms with Crippen LogP contribution in [-0.4, -0.2) is 0 Å². The van der Waals surface area contributed by atoms with Gasteiger partial charge in [0.2, 0.25) is 0 Å². The summed E-state index contributed by atoms with van der Waals surface area (Å²) in [5.74, 6) is -0.748. The highest BCUT2D eigenvalue weighted by atomic mass is 19.2. The Bertz CT molecular complexity index is 421. The SMILES string of the molecule is CCCC1CC=C(c2ccc(F)c(F)c2)CC1. The minimum atomic E-state index is -0.769. The van der Waals surface area contributed by atoms with Crippen LogP contribution in [0.5, 0.6) is 0 Å². The van der Waals surface area contributed by atoms with Gasteiger partial charge in [-0.2, -0.15) is 0 Å². The monoisotopic (exact) mass is 236 g/mol. The molecular weight excluding hydrogens is 218 g/mol. The van der Waals surface area contributed by atoms with Gasteiger partial charge in [0, 0.05) is 0 Å². The molecule has 0 heterocycles. The Labute approximate surface area is 101 Å². The van der Waals surface area contributed by atoms with E-state index < -0.39 is 11.6 Å². The van der Waals surface area contributed by atoms with Crippen LogP contribution in [0.2, 0.25) is 0 Å². The van der Waals surface area contributed by atoms with Crippen LogP contribution in [-0.2, 0) is 0 Å². The maximum atomic E-state index is 13.1. The standard InChI is InChI=1S/C15H18F2/c1-2-3-11-4-6-12(7-5-11)13-8-9-14(16)15(17)10-13/h6,8-11H,2-5,7H2,1H3. The van der Waals surface area contributed by atoms with Gasteiger partial charge >= 0.3 is 0 Å². The van der Waals surface area contributed by atoms with Gasteiger partial charge in [-0.05, 0) is 48.4 Å². The van der Waals surface area contributed by atoms with E-state index in [0.717, 1.165) is 29.9 Å². The fourth-order valence-corrected chi connectivity index (χ4v) is 2.52. The van der Waals surface area contributed by atoms with Crippen molar-refractivity contribution in [2.24, 2.45) is 5.92 Å². The summed E-state index contributed by atoms with van der Waals surface area (Å²) in [5.41, 5.74) is 2.00. The van der Waals surface area contributed by atoms with E-state index in [1.165, 1.54) is 31.4 Å². The molecular formula is C15H18F2. The molecule has 0 N–H and O–H groups in total. The lowest BCUT2D eigenvalue weighted by atomic mass is 9.84. The molecule has 0 saturated carbocycles. The minimum Gasteiger partial charge on any atom is -0.204 e. The third kappa shape index (κ3) is 2.93. The predicted molar refractivity (Wildman–Crippen MR) is 66.6 cm³/mol. The highest BCUT2D eigenvalue weighted by Gasteiger charge is 2.15. The molecule has 1 aliphatic carbocycles. The summed E-state index contributed by atoms with van der Waals surface area (Å²) in [6, 6.07) is 4.19. The molecule has 0 saturated heterocycles.